The molecule has 0 spiro atoms. The van der Waals surface area contributed by atoms with Crippen molar-refractivity contribution in [2.75, 3.05) is 49.6 Å². The molecule has 6 nitrogen and oxygen atoms in total. The van der Waals surface area contributed by atoms with Gasteiger partial charge in [-0.2, -0.15) is 0 Å². The summed E-state index contributed by atoms with van der Waals surface area (Å²) in [6.07, 6.45) is 0. The lowest BCUT2D eigenvalue weighted by atomic mass is 9.99. The third-order valence-electron chi connectivity index (χ3n) is 4.21. The molecule has 2 heterocycles. The highest BCUT2D eigenvalue weighted by atomic mass is 16.5. The number of hydrogen-bond donors (Lipinski definition) is 1. The molecule has 1 N–H and O–H groups in total. The van der Waals surface area contributed by atoms with Crippen LogP contribution in [0.25, 0.3) is 0 Å². The molecule has 118 valence electrons. The molecule has 0 unspecified atom stereocenters. The molecule has 1 aromatic carbocycles. The molecule has 0 bridgehead atoms. The first-order chi connectivity index (χ1) is 10.6. The first-order valence-electron chi connectivity index (χ1n) is 7.62. The van der Waals surface area contributed by atoms with Crippen molar-refractivity contribution in [3.8, 4) is 0 Å². The van der Waals surface area contributed by atoms with Crippen molar-refractivity contribution < 1.29 is 14.3 Å². The average Bonchev–Trinajstić information content (AvgIpc) is 2.47. The number of nitrogens with zero attached hydrogens (tertiary/aromatic N) is 2. The normalized spacial score (nSPS) is 18.8. The van der Waals surface area contributed by atoms with Gasteiger partial charge in [-0.05, 0) is 24.3 Å². The number of rotatable bonds is 3. The maximum Gasteiger partial charge on any atom is 0.231 e. The fraction of sp³-hybridized carbons (Fsp3) is 0.500. The van der Waals surface area contributed by atoms with Gasteiger partial charge in [0, 0.05) is 44.5 Å². The molecule has 22 heavy (non-hydrogen) atoms. The van der Waals surface area contributed by atoms with Crippen molar-refractivity contribution in [1.29, 1.82) is 0 Å². The second-order valence-electron chi connectivity index (χ2n) is 5.76. The Morgan fingerprint density at radius 1 is 1.14 bits per heavy atom. The number of nitrogens with one attached hydrogen (secondary N) is 1. The molecular formula is C16H21N3O3. The average molecular weight is 303 g/mol. The predicted molar refractivity (Wildman–Crippen MR) is 83.8 cm³/mol. The van der Waals surface area contributed by atoms with Gasteiger partial charge in [0.05, 0.1) is 19.1 Å². The van der Waals surface area contributed by atoms with Gasteiger partial charge in [-0.25, -0.2) is 0 Å². The third-order valence-corrected chi connectivity index (χ3v) is 4.21. The van der Waals surface area contributed by atoms with Gasteiger partial charge < -0.3 is 19.9 Å². The van der Waals surface area contributed by atoms with Crippen LogP contribution in [0.5, 0.6) is 0 Å². The number of ether oxygens (including phenoxy) is 1. The van der Waals surface area contributed by atoms with Crippen molar-refractivity contribution in [1.82, 2.24) is 4.90 Å². The first-order valence-corrected chi connectivity index (χ1v) is 7.62. The second-order valence-corrected chi connectivity index (χ2v) is 5.76. The lowest BCUT2D eigenvalue weighted by Gasteiger charge is -2.37. The maximum absolute atomic E-state index is 12.1. The van der Waals surface area contributed by atoms with Gasteiger partial charge in [0.2, 0.25) is 11.8 Å². The van der Waals surface area contributed by atoms with Crippen molar-refractivity contribution >= 4 is 23.2 Å². The van der Waals surface area contributed by atoms with E-state index >= 15 is 0 Å². The number of hydrogen-bond acceptors (Lipinski definition) is 4. The highest BCUT2D eigenvalue weighted by molar-refractivity contribution is 5.94. The summed E-state index contributed by atoms with van der Waals surface area (Å²) in [5.74, 6) is -0.0849. The van der Waals surface area contributed by atoms with E-state index in [1.165, 1.54) is 6.92 Å². The smallest absolute Gasteiger partial charge is 0.231 e. The zero-order valence-corrected chi connectivity index (χ0v) is 12.7. The highest BCUT2D eigenvalue weighted by Gasteiger charge is 2.34. The van der Waals surface area contributed by atoms with Crippen LogP contribution >= 0.6 is 0 Å². The molecule has 1 aromatic rings. The molecule has 2 saturated heterocycles. The van der Waals surface area contributed by atoms with Gasteiger partial charge in [0.1, 0.15) is 0 Å². The zero-order valence-electron chi connectivity index (χ0n) is 12.7. The van der Waals surface area contributed by atoms with Crippen LogP contribution in [0.3, 0.4) is 0 Å². The van der Waals surface area contributed by atoms with Crippen LogP contribution in [0.1, 0.15) is 6.92 Å². The van der Waals surface area contributed by atoms with E-state index < -0.39 is 0 Å². The number of carbonyl (C=O) groups excluding carboxylic acids is 2. The minimum atomic E-state index is -0.0946. The van der Waals surface area contributed by atoms with Gasteiger partial charge in [0.15, 0.2) is 0 Å². The molecule has 0 saturated carbocycles. The number of amides is 2. The van der Waals surface area contributed by atoms with Crippen LogP contribution in [-0.4, -0.2) is 56.1 Å². The Bertz CT molecular complexity index is 546. The molecule has 2 aliphatic heterocycles. The Hall–Kier alpha value is -2.08. The van der Waals surface area contributed by atoms with Crippen LogP contribution in [0.15, 0.2) is 24.3 Å². The molecular weight excluding hydrogens is 282 g/mol. The fourth-order valence-corrected chi connectivity index (χ4v) is 2.72. The number of morpholine rings is 1. The lowest BCUT2D eigenvalue weighted by molar-refractivity contribution is -0.139. The maximum atomic E-state index is 12.1. The van der Waals surface area contributed by atoms with E-state index in [1.807, 2.05) is 24.3 Å². The molecule has 2 fully saturated rings. The van der Waals surface area contributed by atoms with Gasteiger partial charge in [-0.3, -0.25) is 9.59 Å². The summed E-state index contributed by atoms with van der Waals surface area (Å²) in [4.78, 5) is 27.1. The van der Waals surface area contributed by atoms with Gasteiger partial charge in [-0.15, -0.1) is 0 Å². The standard InChI is InChI=1S/C16H21N3O3/c1-12(20)19-10-13(11-19)16(21)17-14-2-4-15(5-3-14)18-6-8-22-9-7-18/h2-5,13H,6-11H2,1H3,(H,17,21). The number of carbonyl (C=O) groups is 2. The van der Waals surface area contributed by atoms with Crippen molar-refractivity contribution in [3.05, 3.63) is 24.3 Å². The van der Waals surface area contributed by atoms with Crippen LogP contribution in [0, 0.1) is 5.92 Å². The van der Waals surface area contributed by atoms with E-state index in [0.29, 0.717) is 13.1 Å². The summed E-state index contributed by atoms with van der Waals surface area (Å²) in [7, 11) is 0. The van der Waals surface area contributed by atoms with E-state index in [4.69, 9.17) is 4.74 Å². The summed E-state index contributed by atoms with van der Waals surface area (Å²) in [6.45, 7) is 5.88. The van der Waals surface area contributed by atoms with Gasteiger partial charge >= 0.3 is 0 Å². The SMILES string of the molecule is CC(=O)N1CC(C(=O)Nc2ccc(N3CCOCC3)cc2)C1. The molecule has 0 aromatic heterocycles. The Kier molecular flexibility index (Phi) is 4.29. The Labute approximate surface area is 130 Å². The summed E-state index contributed by atoms with van der Waals surface area (Å²) in [5, 5.41) is 2.91. The van der Waals surface area contributed by atoms with E-state index in [0.717, 1.165) is 37.7 Å². The minimum Gasteiger partial charge on any atom is -0.378 e. The minimum absolute atomic E-state index is 0.0170. The third kappa shape index (κ3) is 3.22. The van der Waals surface area contributed by atoms with Crippen molar-refractivity contribution in [2.24, 2.45) is 5.92 Å². The monoisotopic (exact) mass is 303 g/mol. The summed E-state index contributed by atoms with van der Waals surface area (Å²) in [5.41, 5.74) is 1.94. The summed E-state index contributed by atoms with van der Waals surface area (Å²) < 4.78 is 5.34. The molecule has 0 atom stereocenters. The Morgan fingerprint density at radius 3 is 2.36 bits per heavy atom. The van der Waals surface area contributed by atoms with Gasteiger partial charge in [-0.1, -0.05) is 0 Å². The first kappa shape index (κ1) is 14.8. The molecule has 6 heteroatoms. The van der Waals surface area contributed by atoms with E-state index in [2.05, 4.69) is 10.2 Å². The topological polar surface area (TPSA) is 61.9 Å². The summed E-state index contributed by atoms with van der Waals surface area (Å²) >= 11 is 0. The molecule has 0 aliphatic carbocycles. The van der Waals surface area contributed by atoms with Gasteiger partial charge in [0.25, 0.3) is 0 Å². The lowest BCUT2D eigenvalue weighted by Crippen LogP contribution is -2.53. The van der Waals surface area contributed by atoms with Crippen LogP contribution in [-0.2, 0) is 14.3 Å². The molecule has 3 rings (SSSR count). The Balaban J connectivity index is 1.53. The number of anilines is 2. The van der Waals surface area contributed by atoms with E-state index in [9.17, 15) is 9.59 Å². The van der Waals surface area contributed by atoms with E-state index in [1.54, 1.807) is 4.90 Å². The second kappa shape index (κ2) is 6.36. The zero-order chi connectivity index (χ0) is 15.5. The number of likely N-dealkylation sites (tertiary alicyclic amines) is 1. The largest absolute Gasteiger partial charge is 0.378 e. The molecule has 0 radical (unpaired) electrons. The fourth-order valence-electron chi connectivity index (χ4n) is 2.72. The van der Waals surface area contributed by atoms with Crippen LogP contribution in [0.4, 0.5) is 11.4 Å². The van der Waals surface area contributed by atoms with Crippen molar-refractivity contribution in [2.45, 2.75) is 6.92 Å². The van der Waals surface area contributed by atoms with Crippen LogP contribution < -0.4 is 10.2 Å². The number of benzene rings is 1. The van der Waals surface area contributed by atoms with Crippen LogP contribution in [0.2, 0.25) is 0 Å². The van der Waals surface area contributed by atoms with Crippen molar-refractivity contribution in [3.63, 3.8) is 0 Å². The predicted octanol–water partition coefficient (Wildman–Crippen LogP) is 0.940. The highest BCUT2D eigenvalue weighted by Crippen LogP contribution is 2.21. The quantitative estimate of drug-likeness (QED) is 0.903. The Morgan fingerprint density at radius 2 is 1.77 bits per heavy atom. The molecule has 2 amide bonds. The summed E-state index contributed by atoms with van der Waals surface area (Å²) in [6, 6.07) is 7.88. The van der Waals surface area contributed by atoms with E-state index in [-0.39, 0.29) is 17.7 Å². The molecule has 2 aliphatic rings.